The first kappa shape index (κ1) is 14.9. The topological polar surface area (TPSA) is 69.6 Å². The molecular formula is C11H22N2O3. The second kappa shape index (κ2) is 7.22. The van der Waals surface area contributed by atoms with Gasteiger partial charge in [0.05, 0.1) is 6.54 Å². The Labute approximate surface area is 96.8 Å². The number of carboxylic acid groups (broad SMARTS) is 1. The fourth-order valence-electron chi connectivity index (χ4n) is 1.22. The molecule has 0 fully saturated rings. The molecule has 0 bridgehead atoms. The van der Waals surface area contributed by atoms with Crippen molar-refractivity contribution in [3.05, 3.63) is 0 Å². The lowest BCUT2D eigenvalue weighted by Crippen LogP contribution is -2.45. The van der Waals surface area contributed by atoms with Crippen molar-refractivity contribution in [3.63, 3.8) is 0 Å². The number of nitrogens with zero attached hydrogens (tertiary/aromatic N) is 1. The summed E-state index contributed by atoms with van der Waals surface area (Å²) in [6.45, 7) is 5.82. The molecule has 16 heavy (non-hydrogen) atoms. The summed E-state index contributed by atoms with van der Waals surface area (Å²) in [6, 6.07) is -0.502. The van der Waals surface area contributed by atoms with Crippen LogP contribution >= 0.6 is 0 Å². The molecule has 0 aliphatic rings. The van der Waals surface area contributed by atoms with E-state index in [-0.39, 0.29) is 18.5 Å². The van der Waals surface area contributed by atoms with E-state index in [0.29, 0.717) is 6.42 Å². The smallest absolute Gasteiger partial charge is 0.320 e. The van der Waals surface area contributed by atoms with Gasteiger partial charge in [0, 0.05) is 13.1 Å². The number of carboxylic acids is 1. The number of aliphatic carboxylic acids is 1. The Balaban J connectivity index is 4.10. The zero-order chi connectivity index (χ0) is 12.7. The van der Waals surface area contributed by atoms with Crippen molar-refractivity contribution in [2.24, 2.45) is 0 Å². The lowest BCUT2D eigenvalue weighted by atomic mass is 10.1. The number of hydrogen-bond acceptors (Lipinski definition) is 3. The van der Waals surface area contributed by atoms with Crippen molar-refractivity contribution in [1.82, 2.24) is 10.2 Å². The van der Waals surface area contributed by atoms with Crippen LogP contribution in [-0.2, 0) is 9.59 Å². The van der Waals surface area contributed by atoms with Crippen LogP contribution in [0.3, 0.4) is 0 Å². The van der Waals surface area contributed by atoms with E-state index < -0.39 is 12.0 Å². The van der Waals surface area contributed by atoms with Crippen LogP contribution in [-0.4, -0.2) is 47.6 Å². The van der Waals surface area contributed by atoms with Gasteiger partial charge in [-0.05, 0) is 20.3 Å². The molecule has 0 aliphatic heterocycles. The van der Waals surface area contributed by atoms with E-state index in [2.05, 4.69) is 5.32 Å². The molecule has 0 aromatic carbocycles. The Morgan fingerprint density at radius 1 is 1.38 bits per heavy atom. The van der Waals surface area contributed by atoms with Crippen LogP contribution in [0.2, 0.25) is 0 Å². The van der Waals surface area contributed by atoms with Gasteiger partial charge in [0.1, 0.15) is 6.04 Å². The number of nitrogens with one attached hydrogen (secondary N) is 1. The molecular weight excluding hydrogens is 208 g/mol. The van der Waals surface area contributed by atoms with Crippen LogP contribution in [0.1, 0.15) is 33.6 Å². The van der Waals surface area contributed by atoms with Crippen molar-refractivity contribution < 1.29 is 14.7 Å². The van der Waals surface area contributed by atoms with E-state index in [4.69, 9.17) is 5.11 Å². The number of rotatable bonds is 7. The first-order valence-electron chi connectivity index (χ1n) is 5.62. The van der Waals surface area contributed by atoms with Gasteiger partial charge < -0.3 is 10.0 Å². The summed E-state index contributed by atoms with van der Waals surface area (Å²) in [5.74, 6) is -0.987. The van der Waals surface area contributed by atoms with Crippen molar-refractivity contribution in [2.45, 2.75) is 45.7 Å². The minimum Gasteiger partial charge on any atom is -0.480 e. The zero-order valence-electron chi connectivity index (χ0n) is 10.5. The normalized spacial score (nSPS) is 12.6. The largest absolute Gasteiger partial charge is 0.480 e. The fourth-order valence-corrected chi connectivity index (χ4v) is 1.22. The molecule has 1 amide bonds. The number of amides is 1. The molecule has 0 spiro atoms. The molecule has 2 N–H and O–H groups in total. The molecule has 0 saturated heterocycles. The summed E-state index contributed by atoms with van der Waals surface area (Å²) in [5.41, 5.74) is 0. The molecule has 0 radical (unpaired) electrons. The van der Waals surface area contributed by atoms with Gasteiger partial charge in [-0.3, -0.25) is 14.9 Å². The van der Waals surface area contributed by atoms with E-state index in [1.54, 1.807) is 11.9 Å². The third-order valence-electron chi connectivity index (χ3n) is 2.54. The zero-order valence-corrected chi connectivity index (χ0v) is 10.5. The Morgan fingerprint density at radius 2 is 1.94 bits per heavy atom. The van der Waals surface area contributed by atoms with E-state index in [0.717, 1.165) is 6.42 Å². The van der Waals surface area contributed by atoms with Crippen LogP contribution in [0.5, 0.6) is 0 Å². The average Bonchev–Trinajstić information content (AvgIpc) is 2.21. The van der Waals surface area contributed by atoms with Gasteiger partial charge in [0.2, 0.25) is 5.91 Å². The maximum atomic E-state index is 11.6. The van der Waals surface area contributed by atoms with E-state index in [1.807, 2.05) is 20.8 Å². The Morgan fingerprint density at radius 3 is 2.31 bits per heavy atom. The number of carbonyl (C=O) groups is 2. The molecule has 5 heteroatoms. The van der Waals surface area contributed by atoms with Gasteiger partial charge >= 0.3 is 5.97 Å². The predicted molar refractivity (Wildman–Crippen MR) is 62.2 cm³/mol. The monoisotopic (exact) mass is 230 g/mol. The maximum absolute atomic E-state index is 11.6. The van der Waals surface area contributed by atoms with Crippen LogP contribution in [0.15, 0.2) is 0 Å². The summed E-state index contributed by atoms with van der Waals surface area (Å²) >= 11 is 0. The second-order valence-electron chi connectivity index (χ2n) is 4.16. The highest BCUT2D eigenvalue weighted by Gasteiger charge is 2.18. The quantitative estimate of drug-likeness (QED) is 0.675. The van der Waals surface area contributed by atoms with E-state index in [9.17, 15) is 9.59 Å². The van der Waals surface area contributed by atoms with E-state index in [1.165, 1.54) is 0 Å². The SMILES string of the molecule is CCCC(NCC(=O)N(C)C(C)C)C(=O)O. The average molecular weight is 230 g/mol. The molecule has 0 aromatic rings. The number of likely N-dealkylation sites (N-methyl/N-ethyl adjacent to an activating group) is 1. The van der Waals surface area contributed by atoms with Gasteiger partial charge in [-0.2, -0.15) is 0 Å². The van der Waals surface area contributed by atoms with Gasteiger partial charge in [-0.15, -0.1) is 0 Å². The van der Waals surface area contributed by atoms with Gasteiger partial charge in [0.15, 0.2) is 0 Å². The molecule has 1 unspecified atom stereocenters. The summed E-state index contributed by atoms with van der Waals surface area (Å²) in [4.78, 5) is 24.0. The second-order valence-corrected chi connectivity index (χ2v) is 4.16. The summed E-state index contributed by atoms with van der Waals surface area (Å²) in [6.07, 6.45) is 1.31. The standard InChI is InChI=1S/C11H22N2O3/c1-5-6-9(11(15)16)12-7-10(14)13(4)8(2)3/h8-9,12H,5-7H2,1-4H3,(H,15,16). The summed E-state index contributed by atoms with van der Waals surface area (Å²) in [7, 11) is 1.71. The highest BCUT2D eigenvalue weighted by molar-refractivity contribution is 5.80. The third kappa shape index (κ3) is 5.11. The van der Waals surface area contributed by atoms with Gasteiger partial charge in [0.25, 0.3) is 0 Å². The van der Waals surface area contributed by atoms with Crippen molar-refractivity contribution >= 4 is 11.9 Å². The van der Waals surface area contributed by atoms with E-state index >= 15 is 0 Å². The number of carbonyl (C=O) groups excluding carboxylic acids is 1. The highest BCUT2D eigenvalue weighted by Crippen LogP contribution is 1.98. The van der Waals surface area contributed by atoms with Crippen LogP contribution in [0.25, 0.3) is 0 Å². The van der Waals surface area contributed by atoms with Crippen LogP contribution in [0.4, 0.5) is 0 Å². The number of hydrogen-bond donors (Lipinski definition) is 2. The highest BCUT2D eigenvalue weighted by atomic mass is 16.4. The Kier molecular flexibility index (Phi) is 6.72. The first-order chi connectivity index (χ1) is 7.40. The van der Waals surface area contributed by atoms with Crippen molar-refractivity contribution in [1.29, 1.82) is 0 Å². The van der Waals surface area contributed by atoms with Crippen molar-refractivity contribution in [3.8, 4) is 0 Å². The molecule has 5 nitrogen and oxygen atoms in total. The molecule has 0 aliphatic carbocycles. The predicted octanol–water partition coefficient (Wildman–Crippen LogP) is 0.696. The van der Waals surface area contributed by atoms with Gasteiger partial charge in [-0.25, -0.2) is 0 Å². The third-order valence-corrected chi connectivity index (χ3v) is 2.54. The lowest BCUT2D eigenvalue weighted by Gasteiger charge is -2.22. The minimum atomic E-state index is -0.901. The molecule has 0 saturated carbocycles. The Bertz CT molecular complexity index is 241. The Hall–Kier alpha value is -1.10. The minimum absolute atomic E-state index is 0.0750. The first-order valence-corrected chi connectivity index (χ1v) is 5.62. The molecule has 94 valence electrons. The summed E-state index contributed by atoms with van der Waals surface area (Å²) < 4.78 is 0. The summed E-state index contributed by atoms with van der Waals surface area (Å²) in [5, 5.41) is 11.6. The van der Waals surface area contributed by atoms with Crippen LogP contribution in [0, 0.1) is 0 Å². The van der Waals surface area contributed by atoms with Crippen LogP contribution < -0.4 is 5.32 Å². The lowest BCUT2D eigenvalue weighted by molar-refractivity contribution is -0.140. The maximum Gasteiger partial charge on any atom is 0.320 e. The molecule has 0 aromatic heterocycles. The fraction of sp³-hybridized carbons (Fsp3) is 0.818. The molecule has 0 heterocycles. The van der Waals surface area contributed by atoms with Gasteiger partial charge in [-0.1, -0.05) is 13.3 Å². The van der Waals surface area contributed by atoms with Crippen molar-refractivity contribution in [2.75, 3.05) is 13.6 Å². The molecule has 0 rings (SSSR count). The molecule has 1 atom stereocenters.